The Morgan fingerprint density at radius 2 is 1.89 bits per heavy atom. The molecule has 19 heavy (non-hydrogen) atoms. The largest absolute Gasteiger partial charge is 0.477 e. The Kier molecular flexibility index (Phi) is 4.37. The Balaban J connectivity index is 2.70. The number of rotatable bonds is 2. The Bertz CT molecular complexity index is 365. The first-order valence-electron chi connectivity index (χ1n) is 6.13. The fourth-order valence-electron chi connectivity index (χ4n) is 1.94. The van der Waals surface area contributed by atoms with Crippen LogP contribution in [0.3, 0.4) is 0 Å². The van der Waals surface area contributed by atoms with Crippen LogP contribution in [0.4, 0.5) is 13.6 Å². The Labute approximate surface area is 110 Å². The van der Waals surface area contributed by atoms with Crippen LogP contribution in [0.25, 0.3) is 0 Å². The summed E-state index contributed by atoms with van der Waals surface area (Å²) in [6.45, 7) is 5.05. The third-order valence-corrected chi connectivity index (χ3v) is 2.87. The van der Waals surface area contributed by atoms with Gasteiger partial charge in [-0.05, 0) is 33.6 Å². The fourth-order valence-corrected chi connectivity index (χ4v) is 1.94. The number of carbonyl (C=O) groups is 2. The summed E-state index contributed by atoms with van der Waals surface area (Å²) < 4.78 is 32.0. The van der Waals surface area contributed by atoms with E-state index in [0.29, 0.717) is 13.0 Å². The van der Waals surface area contributed by atoms with Gasteiger partial charge in [0.25, 0.3) is 0 Å². The predicted molar refractivity (Wildman–Crippen MR) is 63.1 cm³/mol. The highest BCUT2D eigenvalue weighted by Gasteiger charge is 2.49. The molecule has 1 rings (SSSR count). The molecule has 1 fully saturated rings. The van der Waals surface area contributed by atoms with Crippen LogP contribution in [-0.2, 0) is 9.53 Å². The molecule has 0 aliphatic carbocycles. The number of hydrogen-bond acceptors (Lipinski definition) is 3. The number of nitrogens with zero attached hydrogens (tertiary/aromatic N) is 1. The summed E-state index contributed by atoms with van der Waals surface area (Å²) in [5, 5.41) is 8.52. The van der Waals surface area contributed by atoms with Crippen LogP contribution in [0.15, 0.2) is 0 Å². The maximum Gasteiger partial charge on any atom is 0.410 e. The van der Waals surface area contributed by atoms with E-state index in [1.54, 1.807) is 20.8 Å². The van der Waals surface area contributed by atoms with Gasteiger partial charge in [0.05, 0.1) is 5.92 Å². The number of carbonyl (C=O) groups excluding carboxylic acids is 1. The van der Waals surface area contributed by atoms with Crippen molar-refractivity contribution < 1.29 is 28.2 Å². The van der Waals surface area contributed by atoms with Gasteiger partial charge >= 0.3 is 18.0 Å². The summed E-state index contributed by atoms with van der Waals surface area (Å²) in [6.07, 6.45) is -0.260. The molecule has 110 valence electrons. The van der Waals surface area contributed by atoms with E-state index in [4.69, 9.17) is 9.84 Å². The fraction of sp³-hybridized carbons (Fsp3) is 0.833. The number of hydrogen-bond donors (Lipinski definition) is 1. The number of carboxylic acids is 1. The van der Waals surface area contributed by atoms with E-state index in [-0.39, 0.29) is 13.0 Å². The Morgan fingerprint density at radius 3 is 2.37 bits per heavy atom. The van der Waals surface area contributed by atoms with Crippen LogP contribution in [0, 0.1) is 5.92 Å². The second-order valence-corrected chi connectivity index (χ2v) is 5.69. The second kappa shape index (κ2) is 5.30. The van der Waals surface area contributed by atoms with Crippen LogP contribution in [0.1, 0.15) is 33.6 Å². The topological polar surface area (TPSA) is 66.8 Å². The predicted octanol–water partition coefficient (Wildman–Crippen LogP) is 2.35. The quantitative estimate of drug-likeness (QED) is 0.842. The molecular formula is C12H19F2NO4. The molecule has 1 heterocycles. The smallest absolute Gasteiger partial charge is 0.410 e. The lowest BCUT2D eigenvalue weighted by atomic mass is 9.92. The van der Waals surface area contributed by atoms with Gasteiger partial charge in [-0.2, -0.15) is 8.78 Å². The molecule has 1 saturated heterocycles. The third-order valence-electron chi connectivity index (χ3n) is 2.87. The van der Waals surface area contributed by atoms with Crippen LogP contribution in [-0.4, -0.2) is 46.7 Å². The summed E-state index contributed by atoms with van der Waals surface area (Å²) in [5.74, 6) is -7.34. The summed E-state index contributed by atoms with van der Waals surface area (Å²) >= 11 is 0. The maximum atomic E-state index is 13.4. The van der Waals surface area contributed by atoms with E-state index in [1.807, 2.05) is 0 Å². The molecule has 1 aliphatic rings. The molecule has 1 N–H and O–H groups in total. The lowest BCUT2D eigenvalue weighted by Crippen LogP contribution is -2.50. The standard InChI is InChI=1S/C12H19F2NO4/c1-11(2,3)19-10(18)15-6-4-5-8(7-15)12(13,14)9(16)17/h8H,4-7H2,1-3H3,(H,16,17). The number of carboxylic acid groups (broad SMARTS) is 1. The minimum absolute atomic E-state index is 0.0819. The van der Waals surface area contributed by atoms with E-state index in [2.05, 4.69) is 0 Å². The second-order valence-electron chi connectivity index (χ2n) is 5.69. The molecule has 0 spiro atoms. The molecule has 0 aromatic carbocycles. The number of piperidine rings is 1. The molecule has 7 heteroatoms. The number of halogens is 2. The van der Waals surface area contributed by atoms with Crippen LogP contribution in [0.2, 0.25) is 0 Å². The van der Waals surface area contributed by atoms with Crippen molar-refractivity contribution in [3.05, 3.63) is 0 Å². The summed E-state index contributed by atoms with van der Waals surface area (Å²) in [7, 11) is 0. The first-order valence-corrected chi connectivity index (χ1v) is 6.13. The van der Waals surface area contributed by atoms with Crippen molar-refractivity contribution in [1.82, 2.24) is 4.90 Å². The molecule has 1 amide bonds. The van der Waals surface area contributed by atoms with Gasteiger partial charge in [-0.3, -0.25) is 0 Å². The number of ether oxygens (including phenoxy) is 1. The zero-order valence-electron chi connectivity index (χ0n) is 11.3. The Hall–Kier alpha value is -1.40. The van der Waals surface area contributed by atoms with E-state index >= 15 is 0 Å². The van der Waals surface area contributed by atoms with E-state index in [0.717, 1.165) is 4.90 Å². The molecule has 0 radical (unpaired) electrons. The van der Waals surface area contributed by atoms with Gasteiger partial charge in [0.15, 0.2) is 0 Å². The van der Waals surface area contributed by atoms with Crippen molar-refractivity contribution in [2.45, 2.75) is 45.1 Å². The van der Waals surface area contributed by atoms with Crippen LogP contribution >= 0.6 is 0 Å². The molecule has 0 aromatic rings. The minimum Gasteiger partial charge on any atom is -0.477 e. The molecule has 1 aliphatic heterocycles. The molecule has 1 unspecified atom stereocenters. The van der Waals surface area contributed by atoms with E-state index < -0.39 is 29.5 Å². The normalized spacial score (nSPS) is 21.1. The highest BCUT2D eigenvalue weighted by Crippen LogP contribution is 2.32. The van der Waals surface area contributed by atoms with Gasteiger partial charge in [-0.25, -0.2) is 9.59 Å². The van der Waals surface area contributed by atoms with Gasteiger partial charge in [0, 0.05) is 13.1 Å². The molecule has 0 saturated carbocycles. The lowest BCUT2D eigenvalue weighted by molar-refractivity contribution is -0.176. The van der Waals surface area contributed by atoms with E-state index in [9.17, 15) is 18.4 Å². The van der Waals surface area contributed by atoms with Crippen molar-refractivity contribution in [2.75, 3.05) is 13.1 Å². The van der Waals surface area contributed by atoms with Crippen LogP contribution in [0.5, 0.6) is 0 Å². The molecule has 5 nitrogen and oxygen atoms in total. The number of amides is 1. The monoisotopic (exact) mass is 279 g/mol. The van der Waals surface area contributed by atoms with Crippen molar-refractivity contribution in [2.24, 2.45) is 5.92 Å². The average molecular weight is 279 g/mol. The van der Waals surface area contributed by atoms with Crippen molar-refractivity contribution in [1.29, 1.82) is 0 Å². The van der Waals surface area contributed by atoms with Crippen molar-refractivity contribution in [3.63, 3.8) is 0 Å². The van der Waals surface area contributed by atoms with Gasteiger partial charge in [0.2, 0.25) is 0 Å². The van der Waals surface area contributed by atoms with Crippen molar-refractivity contribution >= 4 is 12.1 Å². The summed E-state index contributed by atoms with van der Waals surface area (Å²) in [5.41, 5.74) is -0.709. The highest BCUT2D eigenvalue weighted by molar-refractivity contribution is 5.76. The number of aliphatic carboxylic acids is 1. The number of alkyl halides is 2. The zero-order valence-corrected chi connectivity index (χ0v) is 11.3. The summed E-state index contributed by atoms with van der Waals surface area (Å²) in [4.78, 5) is 23.5. The highest BCUT2D eigenvalue weighted by atomic mass is 19.3. The summed E-state index contributed by atoms with van der Waals surface area (Å²) in [6, 6.07) is 0. The average Bonchev–Trinajstić information content (AvgIpc) is 2.26. The maximum absolute atomic E-state index is 13.4. The third kappa shape index (κ3) is 4.04. The minimum atomic E-state index is -3.82. The van der Waals surface area contributed by atoms with Gasteiger partial charge in [-0.1, -0.05) is 0 Å². The van der Waals surface area contributed by atoms with Gasteiger partial charge < -0.3 is 14.7 Å². The lowest BCUT2D eigenvalue weighted by Gasteiger charge is -2.35. The van der Waals surface area contributed by atoms with Gasteiger partial charge in [0.1, 0.15) is 5.60 Å². The first-order chi connectivity index (χ1) is 8.54. The first kappa shape index (κ1) is 15.7. The van der Waals surface area contributed by atoms with Crippen LogP contribution < -0.4 is 0 Å². The zero-order chi connectivity index (χ0) is 14.8. The number of likely N-dealkylation sites (tertiary alicyclic amines) is 1. The molecule has 0 bridgehead atoms. The van der Waals surface area contributed by atoms with E-state index in [1.165, 1.54) is 0 Å². The molecular weight excluding hydrogens is 260 g/mol. The van der Waals surface area contributed by atoms with Gasteiger partial charge in [-0.15, -0.1) is 0 Å². The molecule has 0 aromatic heterocycles. The van der Waals surface area contributed by atoms with Crippen molar-refractivity contribution in [3.8, 4) is 0 Å². The Morgan fingerprint density at radius 1 is 1.32 bits per heavy atom. The SMILES string of the molecule is CC(C)(C)OC(=O)N1CCCC(C(F)(F)C(=O)O)C1. The molecule has 1 atom stereocenters.